The third-order valence-electron chi connectivity index (χ3n) is 4.60. The van der Waals surface area contributed by atoms with Gasteiger partial charge in [-0.05, 0) is 17.7 Å². The van der Waals surface area contributed by atoms with Crippen LogP contribution < -0.4 is 11.1 Å². The normalized spacial score (nSPS) is 24.7. The lowest BCUT2D eigenvalue weighted by atomic mass is 10.1. The molecular weight excluding hydrogens is 388 g/mol. The molecule has 0 amide bonds. The molecule has 6 N–H and O–H groups in total. The summed E-state index contributed by atoms with van der Waals surface area (Å²) in [7, 11) is 0. The number of nitrogens with one attached hydrogen (secondary N) is 1. The predicted octanol–water partition coefficient (Wildman–Crippen LogP) is 0.285. The van der Waals surface area contributed by atoms with Crippen LogP contribution in [0.5, 0.6) is 0 Å². The largest absolute Gasteiger partial charge is 0.394 e. The number of ether oxygens (including phenoxy) is 1. The zero-order valence-electron chi connectivity index (χ0n) is 14.6. The molecule has 0 bridgehead atoms. The number of halogens is 1. The fraction of sp³-hybridized carbons (Fsp3) is 0.353. The maximum atomic E-state index is 10.3. The first-order chi connectivity index (χ1) is 13.5. The molecule has 1 saturated heterocycles. The molecule has 0 radical (unpaired) electrons. The predicted molar refractivity (Wildman–Crippen MR) is 102 cm³/mol. The molecule has 3 aromatic rings. The highest BCUT2D eigenvalue weighted by Crippen LogP contribution is 2.32. The van der Waals surface area contributed by atoms with E-state index in [9.17, 15) is 15.3 Å². The van der Waals surface area contributed by atoms with Gasteiger partial charge in [0.1, 0.15) is 23.8 Å². The van der Waals surface area contributed by atoms with E-state index in [1.54, 1.807) is 12.1 Å². The third-order valence-corrected chi connectivity index (χ3v) is 4.86. The molecule has 2 aromatic heterocycles. The first-order valence-corrected chi connectivity index (χ1v) is 8.96. The van der Waals surface area contributed by atoms with E-state index in [0.717, 1.165) is 5.56 Å². The zero-order valence-corrected chi connectivity index (χ0v) is 15.4. The van der Waals surface area contributed by atoms with E-state index in [1.165, 1.54) is 10.9 Å². The minimum atomic E-state index is -1.25. The summed E-state index contributed by atoms with van der Waals surface area (Å²) in [5, 5.41) is 33.3. The Kier molecular flexibility index (Phi) is 5.04. The van der Waals surface area contributed by atoms with E-state index < -0.39 is 31.1 Å². The Morgan fingerprint density at radius 3 is 2.61 bits per heavy atom. The van der Waals surface area contributed by atoms with Gasteiger partial charge in [-0.25, -0.2) is 4.98 Å². The number of anilines is 2. The number of benzene rings is 1. The van der Waals surface area contributed by atoms with Gasteiger partial charge in [0.25, 0.3) is 0 Å². The number of hydrogen-bond acceptors (Lipinski definition) is 9. The number of fused-ring (bicyclic) bond motifs is 1. The molecule has 0 spiro atoms. The SMILES string of the molecule is Nc1nc(NCc2ccc(Cl)cc2)nc2c1ncn2[C@@H]1O[C@H](CO)[C@@H](O)[C@H]1O. The van der Waals surface area contributed by atoms with Crippen molar-refractivity contribution in [2.75, 3.05) is 17.7 Å². The van der Waals surface area contributed by atoms with E-state index in [1.807, 2.05) is 12.1 Å². The highest BCUT2D eigenvalue weighted by molar-refractivity contribution is 6.30. The van der Waals surface area contributed by atoms with Crippen LogP contribution in [0.15, 0.2) is 30.6 Å². The molecule has 3 heterocycles. The smallest absolute Gasteiger partial charge is 0.227 e. The molecule has 1 fully saturated rings. The van der Waals surface area contributed by atoms with Crippen LogP contribution in [0, 0.1) is 0 Å². The van der Waals surface area contributed by atoms with Gasteiger partial charge in [0.2, 0.25) is 5.95 Å². The van der Waals surface area contributed by atoms with Gasteiger partial charge < -0.3 is 31.1 Å². The van der Waals surface area contributed by atoms with Crippen molar-refractivity contribution in [3.05, 3.63) is 41.2 Å². The molecule has 28 heavy (non-hydrogen) atoms. The number of hydrogen-bond donors (Lipinski definition) is 5. The van der Waals surface area contributed by atoms with Crippen LogP contribution in [-0.2, 0) is 11.3 Å². The molecule has 0 unspecified atom stereocenters. The van der Waals surface area contributed by atoms with Gasteiger partial charge >= 0.3 is 0 Å². The van der Waals surface area contributed by atoms with Crippen molar-refractivity contribution in [3.8, 4) is 0 Å². The molecule has 4 rings (SSSR count). The molecule has 0 saturated carbocycles. The second kappa shape index (κ2) is 7.49. The van der Waals surface area contributed by atoms with Crippen molar-refractivity contribution >= 4 is 34.5 Å². The molecule has 1 aliphatic heterocycles. The fourth-order valence-corrected chi connectivity index (χ4v) is 3.22. The summed E-state index contributed by atoms with van der Waals surface area (Å²) in [5.74, 6) is 0.433. The highest BCUT2D eigenvalue weighted by atomic mass is 35.5. The van der Waals surface area contributed by atoms with Gasteiger partial charge in [0, 0.05) is 11.6 Å². The van der Waals surface area contributed by atoms with Crippen LogP contribution in [0.25, 0.3) is 11.2 Å². The Labute approximate surface area is 164 Å². The lowest BCUT2D eigenvalue weighted by molar-refractivity contribution is -0.0511. The average Bonchev–Trinajstić information content (AvgIpc) is 3.23. The summed E-state index contributed by atoms with van der Waals surface area (Å²) in [6.07, 6.45) is -2.95. The van der Waals surface area contributed by atoms with Crippen LogP contribution in [0.1, 0.15) is 11.8 Å². The molecule has 10 nitrogen and oxygen atoms in total. The summed E-state index contributed by atoms with van der Waals surface area (Å²) in [6.45, 7) is 0.0243. The Hall–Kier alpha value is -2.50. The van der Waals surface area contributed by atoms with Gasteiger partial charge in [-0.3, -0.25) is 4.57 Å². The number of aliphatic hydroxyl groups is 3. The van der Waals surface area contributed by atoms with Gasteiger partial charge in [0.05, 0.1) is 12.9 Å². The van der Waals surface area contributed by atoms with E-state index in [-0.39, 0.29) is 11.8 Å². The summed E-state index contributed by atoms with van der Waals surface area (Å²) >= 11 is 5.89. The molecule has 1 aromatic carbocycles. The van der Waals surface area contributed by atoms with Gasteiger partial charge in [0.15, 0.2) is 17.7 Å². The highest BCUT2D eigenvalue weighted by Gasteiger charge is 2.44. The maximum absolute atomic E-state index is 10.3. The van der Waals surface area contributed by atoms with Crippen LogP contribution >= 0.6 is 11.6 Å². The van der Waals surface area contributed by atoms with Gasteiger partial charge in [-0.15, -0.1) is 0 Å². The van der Waals surface area contributed by atoms with Crippen LogP contribution in [0.3, 0.4) is 0 Å². The Balaban J connectivity index is 1.62. The number of aliphatic hydroxyl groups excluding tert-OH is 3. The van der Waals surface area contributed by atoms with E-state index >= 15 is 0 Å². The quantitative estimate of drug-likeness (QED) is 0.402. The summed E-state index contributed by atoms with van der Waals surface area (Å²) in [5.41, 5.74) is 7.65. The zero-order chi connectivity index (χ0) is 19.8. The number of rotatable bonds is 5. The maximum Gasteiger partial charge on any atom is 0.227 e. The van der Waals surface area contributed by atoms with Crippen molar-refractivity contribution in [2.24, 2.45) is 0 Å². The van der Waals surface area contributed by atoms with E-state index in [2.05, 4.69) is 20.3 Å². The van der Waals surface area contributed by atoms with Crippen molar-refractivity contribution in [3.63, 3.8) is 0 Å². The second-order valence-corrected chi connectivity index (χ2v) is 6.90. The van der Waals surface area contributed by atoms with Crippen molar-refractivity contribution < 1.29 is 20.1 Å². The molecule has 148 valence electrons. The summed E-state index contributed by atoms with van der Waals surface area (Å²) in [6, 6.07) is 7.32. The van der Waals surface area contributed by atoms with Crippen molar-refractivity contribution in [1.29, 1.82) is 0 Å². The fourth-order valence-electron chi connectivity index (χ4n) is 3.10. The van der Waals surface area contributed by atoms with Crippen molar-refractivity contribution in [1.82, 2.24) is 19.5 Å². The number of aromatic nitrogens is 4. The first-order valence-electron chi connectivity index (χ1n) is 8.58. The third kappa shape index (κ3) is 3.36. The van der Waals surface area contributed by atoms with E-state index in [4.69, 9.17) is 22.1 Å². The van der Waals surface area contributed by atoms with Crippen molar-refractivity contribution in [2.45, 2.75) is 31.1 Å². The molecule has 4 atom stereocenters. The summed E-state index contributed by atoms with van der Waals surface area (Å²) in [4.78, 5) is 12.8. The number of nitrogen functional groups attached to an aromatic ring is 1. The Bertz CT molecular complexity index is 982. The minimum Gasteiger partial charge on any atom is -0.394 e. The Morgan fingerprint density at radius 2 is 1.93 bits per heavy atom. The molecule has 0 aliphatic carbocycles. The Morgan fingerprint density at radius 1 is 1.18 bits per heavy atom. The van der Waals surface area contributed by atoms with Gasteiger partial charge in [-0.1, -0.05) is 23.7 Å². The van der Waals surface area contributed by atoms with Crippen LogP contribution in [0.2, 0.25) is 5.02 Å². The standard InChI is InChI=1S/C17H19ClN6O4/c18-9-3-1-8(2-4-9)5-20-17-22-14(19)11-15(23-17)24(7-21-11)16-13(27)12(26)10(6-25)28-16/h1-4,7,10,12-13,16,25-27H,5-6H2,(H3,19,20,22,23)/t10-,12-,13-,16-/m1/s1. The van der Waals surface area contributed by atoms with Gasteiger partial charge in [-0.2, -0.15) is 9.97 Å². The molecular formula is C17H19ClN6O4. The second-order valence-electron chi connectivity index (χ2n) is 6.47. The first kappa shape index (κ1) is 18.8. The summed E-state index contributed by atoms with van der Waals surface area (Å²) < 4.78 is 7.01. The topological polar surface area (TPSA) is 152 Å². The lowest BCUT2D eigenvalue weighted by Gasteiger charge is -2.16. The monoisotopic (exact) mass is 406 g/mol. The molecule has 11 heteroatoms. The number of nitrogens with zero attached hydrogens (tertiary/aromatic N) is 4. The lowest BCUT2D eigenvalue weighted by Crippen LogP contribution is -2.33. The number of nitrogens with two attached hydrogens (primary N) is 1. The number of imidazole rings is 1. The van der Waals surface area contributed by atoms with E-state index in [0.29, 0.717) is 22.7 Å². The average molecular weight is 407 g/mol. The minimum absolute atomic E-state index is 0.161. The molecule has 1 aliphatic rings. The van der Waals surface area contributed by atoms with Crippen LogP contribution in [0.4, 0.5) is 11.8 Å². The van der Waals surface area contributed by atoms with Crippen LogP contribution in [-0.4, -0.2) is 59.8 Å².